The van der Waals surface area contributed by atoms with Crippen molar-refractivity contribution in [2.24, 2.45) is 0 Å². The topological polar surface area (TPSA) is 70.7 Å². The van der Waals surface area contributed by atoms with Crippen molar-refractivity contribution in [1.82, 2.24) is 5.43 Å². The molecule has 1 amide bonds. The van der Waals surface area contributed by atoms with E-state index in [2.05, 4.69) is 10.9 Å². The predicted octanol–water partition coefficient (Wildman–Crippen LogP) is 3.12. The molecule has 2 rings (SSSR count). The van der Waals surface area contributed by atoms with E-state index in [1.165, 1.54) is 12.0 Å². The first kappa shape index (κ1) is 20.5. The van der Waals surface area contributed by atoms with Crippen molar-refractivity contribution in [3.63, 3.8) is 0 Å². The van der Waals surface area contributed by atoms with E-state index in [9.17, 15) is 9.59 Å². The molecule has 0 spiro atoms. The minimum atomic E-state index is -0.736. The Hall–Kier alpha value is -2.86. The van der Waals surface area contributed by atoms with Crippen LogP contribution in [0.1, 0.15) is 23.6 Å². The minimum absolute atomic E-state index is 0.0169. The van der Waals surface area contributed by atoms with Gasteiger partial charge in [0.1, 0.15) is 6.04 Å². The zero-order valence-corrected chi connectivity index (χ0v) is 16.5. The normalized spacial score (nSPS) is 11.6. The van der Waals surface area contributed by atoms with Crippen LogP contribution in [0.3, 0.4) is 0 Å². The Labute approximate surface area is 160 Å². The van der Waals surface area contributed by atoms with Crippen LogP contribution in [0, 0.1) is 20.8 Å². The smallest absolute Gasteiger partial charge is 0.328 e. The molecule has 1 atom stereocenters. The molecule has 0 bridgehead atoms. The molecule has 1 unspecified atom stereocenters. The van der Waals surface area contributed by atoms with E-state index in [0.29, 0.717) is 0 Å². The van der Waals surface area contributed by atoms with E-state index in [-0.39, 0.29) is 12.5 Å². The van der Waals surface area contributed by atoms with Gasteiger partial charge in [-0.05, 0) is 56.5 Å². The summed E-state index contributed by atoms with van der Waals surface area (Å²) in [6.07, 6.45) is 0. The summed E-state index contributed by atoms with van der Waals surface area (Å²) in [6, 6.07) is 12.7. The van der Waals surface area contributed by atoms with E-state index in [1.54, 1.807) is 6.92 Å². The van der Waals surface area contributed by atoms with Crippen LogP contribution in [0.5, 0.6) is 0 Å². The molecular weight excluding hydrogens is 342 g/mol. The van der Waals surface area contributed by atoms with Gasteiger partial charge in [-0.25, -0.2) is 10.2 Å². The van der Waals surface area contributed by atoms with Gasteiger partial charge >= 0.3 is 5.97 Å². The number of hydrazine groups is 1. The van der Waals surface area contributed by atoms with Crippen molar-refractivity contribution in [2.45, 2.75) is 33.7 Å². The molecule has 6 heteroatoms. The van der Waals surface area contributed by atoms with Gasteiger partial charge in [0.25, 0.3) is 0 Å². The number of para-hydroxylation sites is 1. The van der Waals surface area contributed by atoms with Gasteiger partial charge in [0.05, 0.1) is 19.3 Å². The van der Waals surface area contributed by atoms with Crippen LogP contribution < -0.4 is 15.8 Å². The van der Waals surface area contributed by atoms with E-state index in [1.807, 2.05) is 63.2 Å². The third kappa shape index (κ3) is 4.86. The summed E-state index contributed by atoms with van der Waals surface area (Å²) < 4.78 is 4.88. The fourth-order valence-corrected chi connectivity index (χ4v) is 2.95. The number of aryl methyl sites for hydroxylation is 2. The third-order valence-electron chi connectivity index (χ3n) is 4.59. The fraction of sp³-hybridized carbons (Fsp3) is 0.333. The number of amides is 1. The van der Waals surface area contributed by atoms with Crippen LogP contribution in [-0.4, -0.2) is 31.6 Å². The second-order valence-corrected chi connectivity index (χ2v) is 6.48. The number of rotatable bonds is 7. The van der Waals surface area contributed by atoms with E-state index in [4.69, 9.17) is 4.74 Å². The number of ether oxygens (including phenoxy) is 1. The number of anilines is 2. The molecule has 0 fully saturated rings. The van der Waals surface area contributed by atoms with Crippen LogP contribution in [0.25, 0.3) is 0 Å². The van der Waals surface area contributed by atoms with Crippen molar-refractivity contribution in [1.29, 1.82) is 0 Å². The maximum absolute atomic E-state index is 13.0. The Morgan fingerprint density at radius 2 is 1.67 bits per heavy atom. The van der Waals surface area contributed by atoms with Gasteiger partial charge in [0.15, 0.2) is 0 Å². The van der Waals surface area contributed by atoms with Crippen LogP contribution in [0.2, 0.25) is 0 Å². The lowest BCUT2D eigenvalue weighted by molar-refractivity contribution is -0.143. The highest BCUT2D eigenvalue weighted by Gasteiger charge is 2.30. The van der Waals surface area contributed by atoms with Gasteiger partial charge in [0.2, 0.25) is 5.91 Å². The highest BCUT2D eigenvalue weighted by Crippen LogP contribution is 2.29. The second-order valence-electron chi connectivity index (χ2n) is 6.48. The number of esters is 1. The third-order valence-corrected chi connectivity index (χ3v) is 4.59. The molecule has 2 aromatic carbocycles. The van der Waals surface area contributed by atoms with Gasteiger partial charge in [-0.1, -0.05) is 30.3 Å². The van der Waals surface area contributed by atoms with Gasteiger partial charge in [0, 0.05) is 5.69 Å². The first-order valence-electron chi connectivity index (χ1n) is 8.87. The maximum Gasteiger partial charge on any atom is 0.328 e. The second kappa shape index (κ2) is 9.19. The number of hydrogen-bond acceptors (Lipinski definition) is 5. The quantitative estimate of drug-likeness (QED) is 0.580. The Morgan fingerprint density at radius 3 is 2.30 bits per heavy atom. The van der Waals surface area contributed by atoms with E-state index < -0.39 is 12.0 Å². The molecule has 0 saturated carbocycles. The molecule has 2 N–H and O–H groups in total. The zero-order chi connectivity index (χ0) is 20.0. The number of nitrogens with one attached hydrogen (secondary N) is 2. The van der Waals surface area contributed by atoms with Gasteiger partial charge in [-0.15, -0.1) is 0 Å². The SMILES string of the molecule is COC(=O)C(C)N(C(=O)CNNc1ccccc1)c1c(C)ccc(C)c1C. The van der Waals surface area contributed by atoms with Crippen LogP contribution in [-0.2, 0) is 14.3 Å². The molecule has 0 saturated heterocycles. The first-order chi connectivity index (χ1) is 12.9. The molecule has 0 aliphatic rings. The number of methoxy groups -OCH3 is 1. The van der Waals surface area contributed by atoms with Crippen LogP contribution in [0.4, 0.5) is 11.4 Å². The monoisotopic (exact) mass is 369 g/mol. The maximum atomic E-state index is 13.0. The summed E-state index contributed by atoms with van der Waals surface area (Å²) >= 11 is 0. The van der Waals surface area contributed by atoms with E-state index in [0.717, 1.165) is 28.1 Å². The molecule has 144 valence electrons. The summed E-state index contributed by atoms with van der Waals surface area (Å²) in [5.41, 5.74) is 10.5. The molecule has 27 heavy (non-hydrogen) atoms. The Kier molecular flexibility index (Phi) is 6.96. The standard InChI is InChI=1S/C21H27N3O3/c1-14-11-12-15(2)20(16(14)3)24(17(4)21(26)27-5)19(25)13-22-23-18-9-7-6-8-10-18/h6-12,17,22-23H,13H2,1-5H3. The zero-order valence-electron chi connectivity index (χ0n) is 16.5. The van der Waals surface area contributed by atoms with E-state index >= 15 is 0 Å². The summed E-state index contributed by atoms with van der Waals surface area (Å²) in [5, 5.41) is 0. The Morgan fingerprint density at radius 1 is 1.04 bits per heavy atom. The molecule has 2 aromatic rings. The summed E-state index contributed by atoms with van der Waals surface area (Å²) in [7, 11) is 1.33. The number of benzene rings is 2. The highest BCUT2D eigenvalue weighted by atomic mass is 16.5. The van der Waals surface area contributed by atoms with Crippen molar-refractivity contribution in [2.75, 3.05) is 24.0 Å². The Bertz CT molecular complexity index is 806. The largest absolute Gasteiger partial charge is 0.467 e. The average molecular weight is 369 g/mol. The Balaban J connectivity index is 2.26. The number of carbonyl (C=O) groups excluding carboxylic acids is 2. The number of hydrogen-bond donors (Lipinski definition) is 2. The summed E-state index contributed by atoms with van der Waals surface area (Å²) in [5.74, 6) is -0.687. The van der Waals surface area contributed by atoms with Gasteiger partial charge in [-0.3, -0.25) is 9.69 Å². The van der Waals surface area contributed by atoms with Crippen molar-refractivity contribution in [3.05, 3.63) is 59.2 Å². The molecule has 0 heterocycles. The molecule has 0 radical (unpaired) electrons. The average Bonchev–Trinajstić information content (AvgIpc) is 2.67. The molecule has 0 aromatic heterocycles. The van der Waals surface area contributed by atoms with Gasteiger partial charge < -0.3 is 10.2 Å². The van der Waals surface area contributed by atoms with Crippen LogP contribution in [0.15, 0.2) is 42.5 Å². The van der Waals surface area contributed by atoms with Crippen molar-refractivity contribution >= 4 is 23.3 Å². The van der Waals surface area contributed by atoms with Gasteiger partial charge in [-0.2, -0.15) is 0 Å². The molecule has 0 aliphatic heterocycles. The molecule has 0 aliphatic carbocycles. The van der Waals surface area contributed by atoms with Crippen LogP contribution >= 0.6 is 0 Å². The molecular formula is C21H27N3O3. The highest BCUT2D eigenvalue weighted by molar-refractivity contribution is 6.01. The first-order valence-corrected chi connectivity index (χ1v) is 8.87. The van der Waals surface area contributed by atoms with Crippen molar-refractivity contribution < 1.29 is 14.3 Å². The lowest BCUT2D eigenvalue weighted by atomic mass is 10.0. The summed E-state index contributed by atoms with van der Waals surface area (Å²) in [6.45, 7) is 7.57. The summed E-state index contributed by atoms with van der Waals surface area (Å²) in [4.78, 5) is 26.7. The lowest BCUT2D eigenvalue weighted by Gasteiger charge is -2.31. The fourth-order valence-electron chi connectivity index (χ4n) is 2.95. The minimum Gasteiger partial charge on any atom is -0.467 e. The molecule has 6 nitrogen and oxygen atoms in total. The predicted molar refractivity (Wildman–Crippen MR) is 108 cm³/mol. The lowest BCUT2D eigenvalue weighted by Crippen LogP contribution is -2.49. The van der Waals surface area contributed by atoms with Crippen molar-refractivity contribution in [3.8, 4) is 0 Å². The number of carbonyl (C=O) groups is 2. The number of nitrogens with zero attached hydrogens (tertiary/aromatic N) is 1.